The van der Waals surface area contributed by atoms with Crippen molar-refractivity contribution in [2.24, 2.45) is 0 Å². The molecule has 4 nitrogen and oxygen atoms in total. The first-order chi connectivity index (χ1) is 32.7. The molecule has 10 aromatic rings. The summed E-state index contributed by atoms with van der Waals surface area (Å²) in [6.07, 6.45) is 4.01. The second kappa shape index (κ2) is 20.2. The molecule has 0 aliphatic rings. The third kappa shape index (κ3) is 10.3. The molecule has 69 heavy (non-hydrogen) atoms. The maximum atomic E-state index is 6.52. The summed E-state index contributed by atoms with van der Waals surface area (Å²) in [6.45, 7) is 22.7. The van der Waals surface area contributed by atoms with Gasteiger partial charge in [0.15, 0.2) is 0 Å². The minimum atomic E-state index is -1.40. The van der Waals surface area contributed by atoms with E-state index in [9.17, 15) is 0 Å². The fourth-order valence-corrected chi connectivity index (χ4v) is 11.3. The van der Waals surface area contributed by atoms with Gasteiger partial charge in [-0.2, -0.15) is 0 Å². The van der Waals surface area contributed by atoms with Crippen LogP contribution in [0.25, 0.3) is 78.0 Å². The van der Waals surface area contributed by atoms with Crippen molar-refractivity contribution in [3.8, 4) is 56.0 Å². The van der Waals surface area contributed by atoms with E-state index in [-0.39, 0.29) is 25.5 Å². The summed E-state index contributed by atoms with van der Waals surface area (Å²) in [4.78, 5) is 14.9. The Hall–Kier alpha value is -6.56. The topological polar surface area (TPSA) is 51.8 Å². The monoisotopic (exact) mass is 1090 g/mol. The molecule has 0 N–H and O–H groups in total. The van der Waals surface area contributed by atoms with E-state index in [1.807, 2.05) is 42.6 Å². The molecule has 0 aliphatic heterocycles. The quantitative estimate of drug-likeness (QED) is 0.107. The van der Waals surface area contributed by atoms with Crippen LogP contribution in [0.4, 0.5) is 0 Å². The molecule has 6 aromatic carbocycles. The van der Waals surface area contributed by atoms with Gasteiger partial charge in [0.25, 0.3) is 0 Å². The van der Waals surface area contributed by atoms with Gasteiger partial charge in [0.2, 0.25) is 0 Å². The fraction of sp³-hybridized carbons (Fsp3) is 0.190. The number of hydrogen-bond acceptors (Lipinski definition) is 4. The molecule has 0 fully saturated rings. The van der Waals surface area contributed by atoms with Gasteiger partial charge in [-0.05, 0) is 82.7 Å². The van der Waals surface area contributed by atoms with Crippen LogP contribution in [-0.2, 0) is 25.5 Å². The van der Waals surface area contributed by atoms with Crippen LogP contribution in [-0.4, -0.2) is 23.0 Å². The molecule has 0 amide bonds. The number of furan rings is 1. The predicted molar refractivity (Wildman–Crippen MR) is 288 cm³/mol. The van der Waals surface area contributed by atoms with E-state index >= 15 is 0 Å². The van der Waals surface area contributed by atoms with Crippen molar-refractivity contribution in [3.05, 3.63) is 216 Å². The Morgan fingerprint density at radius 3 is 1.87 bits per heavy atom. The molecule has 0 unspecified atom stereocenters. The van der Waals surface area contributed by atoms with Gasteiger partial charge < -0.3 is 14.4 Å². The van der Waals surface area contributed by atoms with Crippen molar-refractivity contribution in [2.45, 2.75) is 79.4 Å². The third-order valence-electron chi connectivity index (χ3n) is 13.1. The molecular formula is C63H59IrN3OSi-2. The first-order valence-corrected chi connectivity index (χ1v) is 27.2. The van der Waals surface area contributed by atoms with E-state index in [2.05, 4.69) is 208 Å². The second-order valence-corrected chi connectivity index (χ2v) is 25.0. The number of hydrogen-bond donors (Lipinski definition) is 0. The summed E-state index contributed by atoms with van der Waals surface area (Å²) >= 11 is 0. The van der Waals surface area contributed by atoms with Crippen molar-refractivity contribution in [2.75, 3.05) is 0 Å². The third-order valence-corrected chi connectivity index (χ3v) is 15.1. The number of aromatic nitrogens is 3. The maximum Gasteiger partial charge on any atom is 0.125 e. The molecule has 0 aliphatic carbocycles. The molecule has 0 saturated carbocycles. The van der Waals surface area contributed by atoms with Crippen LogP contribution in [0.2, 0.25) is 19.6 Å². The summed E-state index contributed by atoms with van der Waals surface area (Å²) in [6, 6.07) is 61.7. The minimum absolute atomic E-state index is 0. The maximum absolute atomic E-state index is 6.52. The van der Waals surface area contributed by atoms with E-state index in [0.29, 0.717) is 5.92 Å². The van der Waals surface area contributed by atoms with Gasteiger partial charge in [0.05, 0.1) is 25.0 Å². The molecule has 10 rings (SSSR count). The van der Waals surface area contributed by atoms with Gasteiger partial charge in [-0.15, -0.1) is 59.2 Å². The van der Waals surface area contributed by atoms with Gasteiger partial charge in [-0.25, -0.2) is 0 Å². The standard InChI is InChI=1S/C40H33N2O.C23H26NSi.Ir/c1-25-20-26(2)37(27(3)21-25)30-18-19-41-33(23-30)29-16-17-35-32(22-29)38-36(43-35)24-34(28-12-8-6-9-13-28)42-39(38)40(4,5)31-14-10-7-11-15-31;1-17(2)21-15-22(24-16-23(21)25(3,4)5)20-13-9-12-19(14-20)18-10-7-6-8-11-18;/h6-15,17-24H,1-5H3;6-12,14-17H,1-5H3;/q2*-1;. The second-order valence-electron chi connectivity index (χ2n) is 19.9. The number of fused-ring (bicyclic) bond motifs is 3. The van der Waals surface area contributed by atoms with E-state index in [1.54, 1.807) is 0 Å². The molecule has 0 saturated heterocycles. The van der Waals surface area contributed by atoms with E-state index in [0.717, 1.165) is 67.0 Å². The number of aryl methyl sites for hydroxylation is 3. The summed E-state index contributed by atoms with van der Waals surface area (Å²) in [5.74, 6) is 0.501. The minimum Gasteiger partial charge on any atom is -0.500 e. The molecule has 0 bridgehead atoms. The van der Waals surface area contributed by atoms with Crippen molar-refractivity contribution in [1.82, 2.24) is 15.0 Å². The Bertz CT molecular complexity index is 3390. The normalized spacial score (nSPS) is 11.6. The molecule has 347 valence electrons. The Kier molecular flexibility index (Phi) is 14.3. The Balaban J connectivity index is 0.000000211. The summed E-state index contributed by atoms with van der Waals surface area (Å²) in [5, 5.41) is 3.51. The summed E-state index contributed by atoms with van der Waals surface area (Å²) in [5.41, 5.74) is 19.3. The van der Waals surface area contributed by atoms with Crippen LogP contribution in [0.1, 0.15) is 67.1 Å². The summed E-state index contributed by atoms with van der Waals surface area (Å²) < 4.78 is 6.52. The van der Waals surface area contributed by atoms with Crippen LogP contribution in [0, 0.1) is 32.9 Å². The average Bonchev–Trinajstić information content (AvgIpc) is 3.72. The SMILES string of the molecule is CC(C)c1cc(-c2[c-]ccc(-c3ccccc3)c2)ncc1[Si](C)(C)C.Cc1cc(C)c(-c2ccnc(-c3[c-]cc4oc5cc(-c6ccccc6)nc(C(C)(C)c6ccccc6)c5c4c3)c2)c(C)c1.[Ir]. The van der Waals surface area contributed by atoms with Crippen molar-refractivity contribution < 1.29 is 24.5 Å². The van der Waals surface area contributed by atoms with Gasteiger partial charge in [0, 0.05) is 54.9 Å². The van der Waals surface area contributed by atoms with Gasteiger partial charge in [-0.1, -0.05) is 179 Å². The molecule has 6 heteroatoms. The van der Waals surface area contributed by atoms with Crippen LogP contribution < -0.4 is 5.19 Å². The Morgan fingerprint density at radius 2 is 1.22 bits per heavy atom. The van der Waals surface area contributed by atoms with Crippen LogP contribution in [0.3, 0.4) is 0 Å². The van der Waals surface area contributed by atoms with Crippen molar-refractivity contribution in [1.29, 1.82) is 0 Å². The first-order valence-electron chi connectivity index (χ1n) is 23.7. The molecule has 4 heterocycles. The van der Waals surface area contributed by atoms with E-state index in [1.165, 1.54) is 49.7 Å². The summed E-state index contributed by atoms with van der Waals surface area (Å²) in [7, 11) is -1.40. The van der Waals surface area contributed by atoms with Crippen LogP contribution in [0.5, 0.6) is 0 Å². The fourth-order valence-electron chi connectivity index (χ4n) is 9.60. The number of benzene rings is 6. The van der Waals surface area contributed by atoms with Gasteiger partial charge in [-0.3, -0.25) is 4.98 Å². The average molecular weight is 1090 g/mol. The van der Waals surface area contributed by atoms with Gasteiger partial charge >= 0.3 is 0 Å². The van der Waals surface area contributed by atoms with Gasteiger partial charge in [0.1, 0.15) is 5.58 Å². The molecule has 0 atom stereocenters. The van der Waals surface area contributed by atoms with E-state index in [4.69, 9.17) is 19.4 Å². The van der Waals surface area contributed by atoms with E-state index < -0.39 is 8.07 Å². The molecule has 4 aromatic heterocycles. The van der Waals surface area contributed by atoms with Crippen LogP contribution >= 0.6 is 0 Å². The molecule has 1 radical (unpaired) electrons. The molecule has 0 spiro atoms. The molecular weight excluding hydrogens is 1040 g/mol. The zero-order valence-electron chi connectivity index (χ0n) is 41.3. The Labute approximate surface area is 423 Å². The number of rotatable bonds is 9. The number of nitrogens with zero attached hydrogens (tertiary/aromatic N) is 3. The number of pyridine rings is 3. The van der Waals surface area contributed by atoms with Crippen molar-refractivity contribution >= 4 is 35.2 Å². The zero-order chi connectivity index (χ0) is 47.7. The predicted octanol–water partition coefficient (Wildman–Crippen LogP) is 16.3. The zero-order valence-corrected chi connectivity index (χ0v) is 44.7. The van der Waals surface area contributed by atoms with Crippen LogP contribution in [0.15, 0.2) is 175 Å². The smallest absolute Gasteiger partial charge is 0.125 e. The largest absolute Gasteiger partial charge is 0.500 e. The van der Waals surface area contributed by atoms with Crippen molar-refractivity contribution in [3.63, 3.8) is 0 Å². The first kappa shape index (κ1) is 48.9. The Morgan fingerprint density at radius 1 is 0.594 bits per heavy atom.